The number of hydrogen-bond acceptors (Lipinski definition) is 4. The van der Waals surface area contributed by atoms with E-state index < -0.39 is 23.7 Å². The lowest BCUT2D eigenvalue weighted by Crippen LogP contribution is -2.12. The molecule has 2 atom stereocenters. The van der Waals surface area contributed by atoms with Gasteiger partial charge in [-0.05, 0) is 6.92 Å². The molecular formula is C20H18O4. The van der Waals surface area contributed by atoms with Crippen molar-refractivity contribution in [3.63, 3.8) is 0 Å². The number of ketones is 2. The Morgan fingerprint density at radius 2 is 1.17 bits per heavy atom. The molecule has 122 valence electrons. The highest BCUT2D eigenvalue weighted by Crippen LogP contribution is 2.50. The van der Waals surface area contributed by atoms with E-state index in [0.29, 0.717) is 11.1 Å². The van der Waals surface area contributed by atoms with Crippen LogP contribution in [0.15, 0.2) is 60.7 Å². The van der Waals surface area contributed by atoms with Crippen LogP contribution in [0.5, 0.6) is 0 Å². The predicted octanol–water partition coefficient (Wildman–Crippen LogP) is 3.18. The van der Waals surface area contributed by atoms with Gasteiger partial charge >= 0.3 is 5.97 Å². The van der Waals surface area contributed by atoms with Crippen molar-refractivity contribution < 1.29 is 19.1 Å². The van der Waals surface area contributed by atoms with Gasteiger partial charge in [-0.2, -0.15) is 0 Å². The molecule has 2 aromatic rings. The lowest BCUT2D eigenvalue weighted by atomic mass is 10.0. The largest absolute Gasteiger partial charge is 0.466 e. The summed E-state index contributed by atoms with van der Waals surface area (Å²) in [7, 11) is 0. The number of carbonyl (C=O) groups is 3. The molecule has 0 aromatic heterocycles. The molecule has 1 aliphatic carbocycles. The fourth-order valence-electron chi connectivity index (χ4n) is 3.08. The van der Waals surface area contributed by atoms with Crippen molar-refractivity contribution in [1.82, 2.24) is 0 Å². The molecule has 0 spiro atoms. The fraction of sp³-hybridized carbons (Fsp3) is 0.250. The molecule has 0 bridgehead atoms. The van der Waals surface area contributed by atoms with E-state index in [4.69, 9.17) is 4.74 Å². The van der Waals surface area contributed by atoms with Crippen molar-refractivity contribution in [3.05, 3.63) is 71.8 Å². The molecule has 3 rings (SSSR count). The zero-order chi connectivity index (χ0) is 17.1. The second-order valence-electron chi connectivity index (χ2n) is 5.79. The predicted molar refractivity (Wildman–Crippen MR) is 88.6 cm³/mol. The Bertz CT molecular complexity index is 694. The monoisotopic (exact) mass is 322 g/mol. The summed E-state index contributed by atoms with van der Waals surface area (Å²) < 4.78 is 5.05. The van der Waals surface area contributed by atoms with Crippen molar-refractivity contribution in [1.29, 1.82) is 0 Å². The Kier molecular flexibility index (Phi) is 4.56. The van der Waals surface area contributed by atoms with Crippen LogP contribution in [0.2, 0.25) is 0 Å². The minimum Gasteiger partial charge on any atom is -0.466 e. The normalized spacial score (nSPS) is 21.8. The first kappa shape index (κ1) is 16.1. The lowest BCUT2D eigenvalue weighted by Gasteiger charge is -2.00. The molecule has 0 saturated heterocycles. The number of ether oxygens (including phenoxy) is 1. The van der Waals surface area contributed by atoms with Crippen LogP contribution >= 0.6 is 0 Å². The summed E-state index contributed by atoms with van der Waals surface area (Å²) in [5.41, 5.74) is 1.03. The van der Waals surface area contributed by atoms with E-state index in [1.165, 1.54) is 0 Å². The second kappa shape index (κ2) is 6.79. The van der Waals surface area contributed by atoms with Gasteiger partial charge < -0.3 is 4.74 Å². The van der Waals surface area contributed by atoms with Gasteiger partial charge in [0.15, 0.2) is 11.6 Å². The number of carbonyl (C=O) groups excluding carboxylic acids is 3. The molecule has 2 unspecified atom stereocenters. The molecule has 4 heteroatoms. The number of hydrogen-bond donors (Lipinski definition) is 0. The molecule has 0 aliphatic heterocycles. The maximum atomic E-state index is 12.7. The minimum absolute atomic E-state index is 0.178. The van der Waals surface area contributed by atoms with Gasteiger partial charge in [0, 0.05) is 23.0 Å². The van der Waals surface area contributed by atoms with E-state index in [1.54, 1.807) is 55.5 Å². The molecule has 1 aliphatic rings. The van der Waals surface area contributed by atoms with Crippen LogP contribution in [-0.4, -0.2) is 24.1 Å². The average Bonchev–Trinajstić information content (AvgIpc) is 3.38. The van der Waals surface area contributed by atoms with Crippen LogP contribution in [-0.2, 0) is 9.53 Å². The first-order valence-electron chi connectivity index (χ1n) is 8.00. The highest BCUT2D eigenvalue weighted by molar-refractivity contribution is 6.12. The molecule has 24 heavy (non-hydrogen) atoms. The van der Waals surface area contributed by atoms with Gasteiger partial charge in [-0.15, -0.1) is 0 Å². The number of benzene rings is 2. The second-order valence-corrected chi connectivity index (χ2v) is 5.79. The molecule has 0 radical (unpaired) electrons. The highest BCUT2D eigenvalue weighted by Gasteiger charge is 2.63. The van der Waals surface area contributed by atoms with Gasteiger partial charge in [-0.3, -0.25) is 14.4 Å². The van der Waals surface area contributed by atoms with Gasteiger partial charge in [-0.25, -0.2) is 0 Å². The highest BCUT2D eigenvalue weighted by atomic mass is 16.5. The molecule has 0 amide bonds. The van der Waals surface area contributed by atoms with E-state index in [9.17, 15) is 14.4 Å². The summed E-state index contributed by atoms with van der Waals surface area (Å²) in [5.74, 6) is -2.80. The van der Waals surface area contributed by atoms with Crippen molar-refractivity contribution in [2.24, 2.45) is 17.8 Å². The first-order valence-corrected chi connectivity index (χ1v) is 8.00. The molecule has 0 N–H and O–H groups in total. The van der Waals surface area contributed by atoms with Crippen LogP contribution in [0, 0.1) is 17.8 Å². The average molecular weight is 322 g/mol. The molecule has 4 nitrogen and oxygen atoms in total. The van der Waals surface area contributed by atoms with Crippen LogP contribution < -0.4 is 0 Å². The number of Topliss-reactive ketones (excluding diaryl/α,β-unsaturated/α-hetero) is 2. The third kappa shape index (κ3) is 3.00. The molecule has 1 saturated carbocycles. The molecular weight excluding hydrogens is 304 g/mol. The van der Waals surface area contributed by atoms with E-state index >= 15 is 0 Å². The third-order valence-electron chi connectivity index (χ3n) is 4.30. The third-order valence-corrected chi connectivity index (χ3v) is 4.30. The summed E-state index contributed by atoms with van der Waals surface area (Å²) in [6, 6.07) is 17.5. The van der Waals surface area contributed by atoms with Crippen LogP contribution in [0.4, 0.5) is 0 Å². The fourth-order valence-corrected chi connectivity index (χ4v) is 3.08. The van der Waals surface area contributed by atoms with Crippen LogP contribution in [0.3, 0.4) is 0 Å². The van der Waals surface area contributed by atoms with E-state index in [2.05, 4.69) is 0 Å². The zero-order valence-corrected chi connectivity index (χ0v) is 13.3. The topological polar surface area (TPSA) is 60.4 Å². The van der Waals surface area contributed by atoms with Gasteiger partial charge in [0.05, 0.1) is 12.5 Å². The Morgan fingerprint density at radius 3 is 1.54 bits per heavy atom. The minimum atomic E-state index is -0.689. The maximum Gasteiger partial charge on any atom is 0.310 e. The Balaban J connectivity index is 1.87. The van der Waals surface area contributed by atoms with E-state index in [1.807, 2.05) is 12.1 Å². The Hall–Kier alpha value is -2.75. The first-order chi connectivity index (χ1) is 11.6. The Morgan fingerprint density at radius 1 is 0.750 bits per heavy atom. The van der Waals surface area contributed by atoms with E-state index in [0.717, 1.165) is 0 Å². The Labute approximate surface area is 140 Å². The van der Waals surface area contributed by atoms with Crippen LogP contribution in [0.25, 0.3) is 0 Å². The quantitative estimate of drug-likeness (QED) is 0.605. The lowest BCUT2D eigenvalue weighted by molar-refractivity contribution is -0.145. The maximum absolute atomic E-state index is 12.7. The molecule has 2 aromatic carbocycles. The van der Waals surface area contributed by atoms with Crippen molar-refractivity contribution in [2.45, 2.75) is 6.92 Å². The van der Waals surface area contributed by atoms with Gasteiger partial charge in [0.2, 0.25) is 0 Å². The van der Waals surface area contributed by atoms with Gasteiger partial charge in [-0.1, -0.05) is 60.7 Å². The summed E-state index contributed by atoms with van der Waals surface area (Å²) in [6.07, 6.45) is 0. The van der Waals surface area contributed by atoms with Crippen molar-refractivity contribution in [2.75, 3.05) is 6.61 Å². The van der Waals surface area contributed by atoms with Crippen molar-refractivity contribution >= 4 is 17.5 Å². The summed E-state index contributed by atoms with van der Waals surface area (Å²) in [6.45, 7) is 1.94. The molecule has 0 heterocycles. The summed E-state index contributed by atoms with van der Waals surface area (Å²) >= 11 is 0. The van der Waals surface area contributed by atoms with Gasteiger partial charge in [0.1, 0.15) is 0 Å². The zero-order valence-electron chi connectivity index (χ0n) is 13.3. The van der Waals surface area contributed by atoms with E-state index in [-0.39, 0.29) is 18.2 Å². The smallest absolute Gasteiger partial charge is 0.310 e. The summed E-state index contributed by atoms with van der Waals surface area (Å²) in [5, 5.41) is 0. The molecule has 1 fully saturated rings. The van der Waals surface area contributed by atoms with Crippen molar-refractivity contribution in [3.8, 4) is 0 Å². The SMILES string of the molecule is CCOC(=O)C1C(C(=O)c2ccccc2)C1C(=O)c1ccccc1. The summed E-state index contributed by atoms with van der Waals surface area (Å²) in [4.78, 5) is 37.6. The standard InChI is InChI=1S/C20H18O4/c1-2-24-20(23)17-15(18(21)13-9-5-3-6-10-13)16(17)19(22)14-11-7-4-8-12-14/h3-12,15-17H,2H2,1H3. The van der Waals surface area contributed by atoms with Gasteiger partial charge in [0.25, 0.3) is 0 Å². The number of esters is 1. The van der Waals surface area contributed by atoms with Crippen LogP contribution in [0.1, 0.15) is 27.6 Å². The number of rotatable bonds is 6.